The zero-order chi connectivity index (χ0) is 23.7. The first-order chi connectivity index (χ1) is 16.2. The van der Waals surface area contributed by atoms with E-state index < -0.39 is 6.10 Å². The SMILES string of the molecule is CCCCC[C@H](OCc1ccccc1)[C@H](O)/C=C/[C@@H](CC(OC)OC)OCc1ccccc1. The van der Waals surface area contributed by atoms with Gasteiger partial charge in [0.05, 0.1) is 31.5 Å². The molecule has 2 aromatic rings. The van der Waals surface area contributed by atoms with E-state index in [9.17, 15) is 5.11 Å². The van der Waals surface area contributed by atoms with E-state index in [4.69, 9.17) is 18.9 Å². The first kappa shape index (κ1) is 27.2. The molecule has 0 amide bonds. The molecular formula is C28H40O5. The zero-order valence-corrected chi connectivity index (χ0v) is 20.3. The summed E-state index contributed by atoms with van der Waals surface area (Å²) in [4.78, 5) is 0. The lowest BCUT2D eigenvalue weighted by Crippen LogP contribution is -2.28. The molecule has 0 bridgehead atoms. The van der Waals surface area contributed by atoms with Crippen LogP contribution in [0.15, 0.2) is 72.8 Å². The van der Waals surface area contributed by atoms with Crippen molar-refractivity contribution in [2.45, 2.75) is 76.8 Å². The molecule has 3 atom stereocenters. The highest BCUT2D eigenvalue weighted by molar-refractivity contribution is 5.14. The van der Waals surface area contributed by atoms with Gasteiger partial charge in [-0.1, -0.05) is 99.0 Å². The maximum atomic E-state index is 10.9. The van der Waals surface area contributed by atoms with Gasteiger partial charge < -0.3 is 24.1 Å². The molecule has 5 nitrogen and oxygen atoms in total. The second-order valence-electron chi connectivity index (χ2n) is 8.18. The predicted octanol–water partition coefficient (Wildman–Crippen LogP) is 5.66. The fraction of sp³-hybridized carbons (Fsp3) is 0.500. The zero-order valence-electron chi connectivity index (χ0n) is 20.3. The largest absolute Gasteiger partial charge is 0.386 e. The molecule has 2 aromatic carbocycles. The van der Waals surface area contributed by atoms with Crippen molar-refractivity contribution in [1.29, 1.82) is 0 Å². The van der Waals surface area contributed by atoms with Gasteiger partial charge in [0.25, 0.3) is 0 Å². The molecule has 0 aromatic heterocycles. The van der Waals surface area contributed by atoms with Gasteiger partial charge in [-0.3, -0.25) is 0 Å². The Morgan fingerprint density at radius 2 is 1.36 bits per heavy atom. The fourth-order valence-corrected chi connectivity index (χ4v) is 3.55. The lowest BCUT2D eigenvalue weighted by molar-refractivity contribution is -0.125. The van der Waals surface area contributed by atoms with Gasteiger partial charge in [-0.25, -0.2) is 0 Å². The molecule has 0 aliphatic carbocycles. The summed E-state index contributed by atoms with van der Waals surface area (Å²) in [6.07, 6.45) is 6.63. The summed E-state index contributed by atoms with van der Waals surface area (Å²) in [6, 6.07) is 20.1. The molecule has 1 N–H and O–H groups in total. The average Bonchev–Trinajstić information content (AvgIpc) is 2.86. The van der Waals surface area contributed by atoms with Crippen LogP contribution in [0.1, 0.15) is 50.2 Å². The number of unbranched alkanes of at least 4 members (excludes halogenated alkanes) is 2. The third-order valence-corrected chi connectivity index (χ3v) is 5.56. The second kappa shape index (κ2) is 16.6. The van der Waals surface area contributed by atoms with E-state index in [1.807, 2.05) is 66.7 Å². The first-order valence-corrected chi connectivity index (χ1v) is 11.9. The smallest absolute Gasteiger partial charge is 0.159 e. The fourth-order valence-electron chi connectivity index (χ4n) is 3.55. The number of aliphatic hydroxyl groups excluding tert-OH is 1. The number of hydrogen-bond acceptors (Lipinski definition) is 5. The average molecular weight is 457 g/mol. The maximum Gasteiger partial charge on any atom is 0.159 e. The van der Waals surface area contributed by atoms with Gasteiger partial charge in [0.1, 0.15) is 0 Å². The van der Waals surface area contributed by atoms with Crippen LogP contribution in [-0.2, 0) is 32.2 Å². The molecule has 182 valence electrons. The molecule has 2 rings (SSSR count). The highest BCUT2D eigenvalue weighted by Crippen LogP contribution is 2.17. The minimum Gasteiger partial charge on any atom is -0.386 e. The molecule has 0 spiro atoms. The Morgan fingerprint density at radius 1 is 0.788 bits per heavy atom. The molecule has 0 radical (unpaired) electrons. The monoisotopic (exact) mass is 456 g/mol. The van der Waals surface area contributed by atoms with Gasteiger partial charge in [0.15, 0.2) is 6.29 Å². The van der Waals surface area contributed by atoms with Crippen LogP contribution in [-0.4, -0.2) is 43.9 Å². The number of rotatable bonds is 17. The Balaban J connectivity index is 2.02. The summed E-state index contributed by atoms with van der Waals surface area (Å²) in [7, 11) is 3.23. The van der Waals surface area contributed by atoms with E-state index in [-0.39, 0.29) is 18.5 Å². The number of benzene rings is 2. The van der Waals surface area contributed by atoms with E-state index in [1.54, 1.807) is 20.3 Å². The van der Waals surface area contributed by atoms with E-state index in [0.29, 0.717) is 19.6 Å². The van der Waals surface area contributed by atoms with Crippen LogP contribution in [0.3, 0.4) is 0 Å². The molecule has 0 saturated heterocycles. The normalized spacial score (nSPS) is 14.6. The van der Waals surface area contributed by atoms with Crippen molar-refractivity contribution in [1.82, 2.24) is 0 Å². The summed E-state index contributed by atoms with van der Waals surface area (Å²) >= 11 is 0. The predicted molar refractivity (Wildman–Crippen MR) is 132 cm³/mol. The van der Waals surface area contributed by atoms with Crippen molar-refractivity contribution in [3.05, 3.63) is 83.9 Å². The van der Waals surface area contributed by atoms with Crippen molar-refractivity contribution < 1.29 is 24.1 Å². The Kier molecular flexibility index (Phi) is 13.7. The Hall–Kier alpha value is -2.02. The van der Waals surface area contributed by atoms with Gasteiger partial charge in [-0.15, -0.1) is 0 Å². The Bertz CT molecular complexity index is 745. The molecule has 33 heavy (non-hydrogen) atoms. The quantitative estimate of drug-likeness (QED) is 0.189. The van der Waals surface area contributed by atoms with Gasteiger partial charge in [-0.2, -0.15) is 0 Å². The van der Waals surface area contributed by atoms with Crippen LogP contribution >= 0.6 is 0 Å². The molecular weight excluding hydrogens is 416 g/mol. The first-order valence-electron chi connectivity index (χ1n) is 11.9. The molecule has 0 unspecified atom stereocenters. The third-order valence-electron chi connectivity index (χ3n) is 5.56. The number of hydrogen-bond donors (Lipinski definition) is 1. The number of ether oxygens (including phenoxy) is 4. The van der Waals surface area contributed by atoms with Crippen LogP contribution in [0.5, 0.6) is 0 Å². The molecule has 0 saturated carbocycles. The van der Waals surface area contributed by atoms with Crippen molar-refractivity contribution in [3.63, 3.8) is 0 Å². The number of methoxy groups -OCH3 is 2. The van der Waals surface area contributed by atoms with Crippen molar-refractivity contribution in [2.75, 3.05) is 14.2 Å². The topological polar surface area (TPSA) is 57.2 Å². The van der Waals surface area contributed by atoms with Crippen molar-refractivity contribution >= 4 is 0 Å². The molecule has 0 aliphatic heterocycles. The van der Waals surface area contributed by atoms with Gasteiger partial charge in [-0.05, 0) is 17.5 Å². The highest BCUT2D eigenvalue weighted by atomic mass is 16.7. The third kappa shape index (κ3) is 11.1. The van der Waals surface area contributed by atoms with E-state index in [0.717, 1.165) is 36.8 Å². The maximum absolute atomic E-state index is 10.9. The summed E-state index contributed by atoms with van der Waals surface area (Å²) in [6.45, 7) is 3.12. The second-order valence-corrected chi connectivity index (χ2v) is 8.18. The lowest BCUT2D eigenvalue weighted by atomic mass is 10.0. The van der Waals surface area contributed by atoms with E-state index in [1.165, 1.54) is 0 Å². The summed E-state index contributed by atoms with van der Waals surface area (Å²) in [5, 5.41) is 10.9. The van der Waals surface area contributed by atoms with Crippen LogP contribution in [0, 0.1) is 0 Å². The Morgan fingerprint density at radius 3 is 1.91 bits per heavy atom. The van der Waals surface area contributed by atoms with Gasteiger partial charge >= 0.3 is 0 Å². The molecule has 5 heteroatoms. The van der Waals surface area contributed by atoms with E-state index >= 15 is 0 Å². The Labute approximate surface area is 199 Å². The highest BCUT2D eigenvalue weighted by Gasteiger charge is 2.20. The number of aliphatic hydroxyl groups is 1. The van der Waals surface area contributed by atoms with Gasteiger partial charge in [0, 0.05) is 20.6 Å². The summed E-state index contributed by atoms with van der Waals surface area (Å²) in [5.74, 6) is 0. The van der Waals surface area contributed by atoms with Gasteiger partial charge in [0.2, 0.25) is 0 Å². The van der Waals surface area contributed by atoms with Crippen molar-refractivity contribution in [2.24, 2.45) is 0 Å². The molecule has 0 heterocycles. The molecule has 0 fully saturated rings. The standard InChI is InChI=1S/C28H40O5/c1-4-5-8-17-27(33-22-24-15-11-7-12-16-24)26(29)19-18-25(20-28(30-2)31-3)32-21-23-13-9-6-10-14-23/h6-7,9-16,18-19,25-29H,4-5,8,17,20-22H2,1-3H3/b19-18+/t25-,26+,27-/m0/s1. The van der Waals surface area contributed by atoms with Crippen molar-refractivity contribution in [3.8, 4) is 0 Å². The van der Waals surface area contributed by atoms with Crippen LogP contribution in [0.4, 0.5) is 0 Å². The van der Waals surface area contributed by atoms with Crippen LogP contribution < -0.4 is 0 Å². The van der Waals surface area contributed by atoms with Crippen LogP contribution in [0.25, 0.3) is 0 Å². The van der Waals surface area contributed by atoms with E-state index in [2.05, 4.69) is 6.92 Å². The summed E-state index contributed by atoms with van der Waals surface area (Å²) in [5.41, 5.74) is 2.19. The summed E-state index contributed by atoms with van der Waals surface area (Å²) < 4.78 is 23.0. The van der Waals surface area contributed by atoms with Crippen LogP contribution in [0.2, 0.25) is 0 Å². The molecule has 0 aliphatic rings. The minimum absolute atomic E-state index is 0.268. The lowest BCUT2D eigenvalue weighted by Gasteiger charge is -2.23. The minimum atomic E-state index is -0.725.